The summed E-state index contributed by atoms with van der Waals surface area (Å²) in [4.78, 5) is 0. The van der Waals surface area contributed by atoms with Gasteiger partial charge in [-0.15, -0.1) is 0 Å². The Hall–Kier alpha value is -1.28. The summed E-state index contributed by atoms with van der Waals surface area (Å²) in [5.41, 5.74) is 1.19. The average molecular weight is 205 g/mol. The molecule has 0 aliphatic rings. The second-order valence-electron chi connectivity index (χ2n) is 3.74. The third-order valence-corrected chi connectivity index (χ3v) is 2.03. The van der Waals surface area contributed by atoms with Gasteiger partial charge in [-0.1, -0.05) is 44.7 Å². The Labute approximate surface area is 92.0 Å². The standard InChI is InChI=1S/C13H19NO/c1-4-9-15-13-8-6-5-7-12(13)10-14-11(2)3/h4-8,11,14H,1,9-10H2,2-3H3. The molecule has 0 bridgehead atoms. The molecular weight excluding hydrogens is 186 g/mol. The molecule has 0 amide bonds. The monoisotopic (exact) mass is 205 g/mol. The van der Waals surface area contributed by atoms with Crippen LogP contribution in [0.4, 0.5) is 0 Å². The van der Waals surface area contributed by atoms with Crippen molar-refractivity contribution in [1.29, 1.82) is 0 Å². The summed E-state index contributed by atoms with van der Waals surface area (Å²) in [6, 6.07) is 8.56. The lowest BCUT2D eigenvalue weighted by atomic mass is 10.2. The van der Waals surface area contributed by atoms with Gasteiger partial charge in [0.15, 0.2) is 0 Å². The first-order chi connectivity index (χ1) is 7.24. The summed E-state index contributed by atoms with van der Waals surface area (Å²) in [7, 11) is 0. The van der Waals surface area contributed by atoms with Crippen LogP contribution in [0.25, 0.3) is 0 Å². The summed E-state index contributed by atoms with van der Waals surface area (Å²) in [6.45, 7) is 9.30. The van der Waals surface area contributed by atoms with Gasteiger partial charge in [0.05, 0.1) is 0 Å². The van der Waals surface area contributed by atoms with Crippen molar-refractivity contribution in [2.45, 2.75) is 26.4 Å². The fourth-order valence-electron chi connectivity index (χ4n) is 1.25. The zero-order valence-electron chi connectivity index (χ0n) is 9.49. The largest absolute Gasteiger partial charge is 0.489 e. The van der Waals surface area contributed by atoms with Gasteiger partial charge in [-0.3, -0.25) is 0 Å². The zero-order chi connectivity index (χ0) is 11.1. The van der Waals surface area contributed by atoms with Crippen molar-refractivity contribution in [2.24, 2.45) is 0 Å². The molecule has 0 fully saturated rings. The van der Waals surface area contributed by atoms with Crippen LogP contribution in [0.2, 0.25) is 0 Å². The number of hydrogen-bond acceptors (Lipinski definition) is 2. The molecule has 0 aliphatic heterocycles. The molecule has 0 spiro atoms. The molecule has 0 saturated heterocycles. The molecule has 2 heteroatoms. The quantitative estimate of drug-likeness (QED) is 0.721. The summed E-state index contributed by atoms with van der Waals surface area (Å²) < 4.78 is 5.56. The van der Waals surface area contributed by atoms with Crippen molar-refractivity contribution in [3.05, 3.63) is 42.5 Å². The predicted molar refractivity (Wildman–Crippen MR) is 64.1 cm³/mol. The highest BCUT2D eigenvalue weighted by Crippen LogP contribution is 2.17. The Kier molecular flexibility index (Phi) is 4.91. The van der Waals surface area contributed by atoms with E-state index in [-0.39, 0.29) is 0 Å². The maximum absolute atomic E-state index is 5.56. The first-order valence-corrected chi connectivity index (χ1v) is 5.29. The Morgan fingerprint density at radius 3 is 2.80 bits per heavy atom. The molecule has 1 rings (SSSR count). The number of ether oxygens (including phenoxy) is 1. The van der Waals surface area contributed by atoms with Crippen LogP contribution in [0.5, 0.6) is 5.75 Å². The van der Waals surface area contributed by atoms with Gasteiger partial charge in [0, 0.05) is 18.2 Å². The van der Waals surface area contributed by atoms with Crippen LogP contribution in [0.15, 0.2) is 36.9 Å². The highest BCUT2D eigenvalue weighted by Gasteiger charge is 2.02. The number of para-hydroxylation sites is 1. The molecule has 2 nitrogen and oxygen atoms in total. The van der Waals surface area contributed by atoms with Gasteiger partial charge in [0.1, 0.15) is 12.4 Å². The van der Waals surface area contributed by atoms with Crippen molar-refractivity contribution in [3.8, 4) is 5.75 Å². The Balaban J connectivity index is 2.63. The normalized spacial score (nSPS) is 10.3. The summed E-state index contributed by atoms with van der Waals surface area (Å²) in [5.74, 6) is 0.936. The average Bonchev–Trinajstić information content (AvgIpc) is 2.24. The molecule has 1 aromatic carbocycles. The second-order valence-corrected chi connectivity index (χ2v) is 3.74. The maximum Gasteiger partial charge on any atom is 0.124 e. The Morgan fingerprint density at radius 1 is 1.40 bits per heavy atom. The lowest BCUT2D eigenvalue weighted by Gasteiger charge is -2.12. The van der Waals surface area contributed by atoms with Crippen LogP contribution in [0, 0.1) is 0 Å². The lowest BCUT2D eigenvalue weighted by molar-refractivity contribution is 0.357. The van der Waals surface area contributed by atoms with Crippen LogP contribution < -0.4 is 10.1 Å². The highest BCUT2D eigenvalue weighted by molar-refractivity contribution is 5.33. The van der Waals surface area contributed by atoms with E-state index in [1.807, 2.05) is 18.2 Å². The topological polar surface area (TPSA) is 21.3 Å². The van der Waals surface area contributed by atoms with Crippen molar-refractivity contribution >= 4 is 0 Å². The molecule has 0 saturated carbocycles. The number of hydrogen-bond donors (Lipinski definition) is 1. The SMILES string of the molecule is C=CCOc1ccccc1CNC(C)C. The van der Waals surface area contributed by atoms with E-state index in [1.54, 1.807) is 6.08 Å². The van der Waals surface area contributed by atoms with Gasteiger partial charge in [-0.2, -0.15) is 0 Å². The number of benzene rings is 1. The van der Waals surface area contributed by atoms with E-state index < -0.39 is 0 Å². The third kappa shape index (κ3) is 4.17. The summed E-state index contributed by atoms with van der Waals surface area (Å²) in [5, 5.41) is 3.37. The van der Waals surface area contributed by atoms with Crippen molar-refractivity contribution in [3.63, 3.8) is 0 Å². The molecule has 0 atom stereocenters. The highest BCUT2D eigenvalue weighted by atomic mass is 16.5. The third-order valence-electron chi connectivity index (χ3n) is 2.03. The maximum atomic E-state index is 5.56. The van der Waals surface area contributed by atoms with Gasteiger partial charge in [-0.05, 0) is 6.07 Å². The first-order valence-electron chi connectivity index (χ1n) is 5.29. The fraction of sp³-hybridized carbons (Fsp3) is 0.385. The van der Waals surface area contributed by atoms with Crippen LogP contribution in [0.3, 0.4) is 0 Å². The molecule has 0 heterocycles. The Morgan fingerprint density at radius 2 is 2.13 bits per heavy atom. The predicted octanol–water partition coefficient (Wildman–Crippen LogP) is 2.75. The van der Waals surface area contributed by atoms with Crippen LogP contribution in [-0.4, -0.2) is 12.6 Å². The van der Waals surface area contributed by atoms with E-state index in [1.165, 1.54) is 5.56 Å². The summed E-state index contributed by atoms with van der Waals surface area (Å²) >= 11 is 0. The summed E-state index contributed by atoms with van der Waals surface area (Å²) in [6.07, 6.45) is 1.76. The van der Waals surface area contributed by atoms with Gasteiger partial charge in [-0.25, -0.2) is 0 Å². The smallest absolute Gasteiger partial charge is 0.124 e. The van der Waals surface area contributed by atoms with E-state index in [9.17, 15) is 0 Å². The lowest BCUT2D eigenvalue weighted by Crippen LogP contribution is -2.22. The van der Waals surface area contributed by atoms with E-state index in [4.69, 9.17) is 4.74 Å². The van der Waals surface area contributed by atoms with Gasteiger partial charge >= 0.3 is 0 Å². The Bertz CT molecular complexity index is 307. The minimum Gasteiger partial charge on any atom is -0.489 e. The van der Waals surface area contributed by atoms with Gasteiger partial charge < -0.3 is 10.1 Å². The van der Waals surface area contributed by atoms with Crippen molar-refractivity contribution in [2.75, 3.05) is 6.61 Å². The molecule has 1 aromatic rings. The van der Waals surface area contributed by atoms with Gasteiger partial charge in [0.2, 0.25) is 0 Å². The molecule has 0 unspecified atom stereocenters. The van der Waals surface area contributed by atoms with E-state index in [2.05, 4.69) is 31.8 Å². The molecule has 0 radical (unpaired) electrons. The molecule has 15 heavy (non-hydrogen) atoms. The minimum atomic E-state index is 0.484. The van der Waals surface area contributed by atoms with Crippen molar-refractivity contribution < 1.29 is 4.74 Å². The molecule has 0 aliphatic carbocycles. The van der Waals surface area contributed by atoms with Crippen LogP contribution in [0.1, 0.15) is 19.4 Å². The number of rotatable bonds is 6. The molecule has 82 valence electrons. The van der Waals surface area contributed by atoms with Crippen LogP contribution >= 0.6 is 0 Å². The number of nitrogens with one attached hydrogen (secondary N) is 1. The fourth-order valence-corrected chi connectivity index (χ4v) is 1.25. The van der Waals surface area contributed by atoms with Crippen LogP contribution in [-0.2, 0) is 6.54 Å². The second kappa shape index (κ2) is 6.25. The van der Waals surface area contributed by atoms with E-state index in [0.717, 1.165) is 12.3 Å². The van der Waals surface area contributed by atoms with E-state index >= 15 is 0 Å². The molecule has 1 N–H and O–H groups in total. The van der Waals surface area contributed by atoms with Crippen molar-refractivity contribution in [1.82, 2.24) is 5.32 Å². The molecule has 0 aromatic heterocycles. The molecular formula is C13H19NO. The first kappa shape index (κ1) is 11.8. The zero-order valence-corrected chi connectivity index (χ0v) is 9.49. The van der Waals surface area contributed by atoms with E-state index in [0.29, 0.717) is 12.6 Å². The van der Waals surface area contributed by atoms with Gasteiger partial charge in [0.25, 0.3) is 0 Å². The minimum absolute atomic E-state index is 0.484.